The van der Waals surface area contributed by atoms with Crippen LogP contribution in [0.1, 0.15) is 31.2 Å². The molecule has 1 unspecified atom stereocenters. The van der Waals surface area contributed by atoms with E-state index in [-0.39, 0.29) is 11.8 Å². The van der Waals surface area contributed by atoms with E-state index >= 15 is 0 Å². The Morgan fingerprint density at radius 2 is 2.00 bits per heavy atom. The first-order valence-corrected chi connectivity index (χ1v) is 6.35. The van der Waals surface area contributed by atoms with Gasteiger partial charge in [0, 0.05) is 6.42 Å². The third kappa shape index (κ3) is 2.30. The SMILES string of the molecule is COC(=O)C1(Cc2ccccc2)CCCCC1=O. The number of hydrogen-bond donors (Lipinski definition) is 0. The molecular weight excluding hydrogens is 228 g/mol. The number of carbonyl (C=O) groups is 2. The van der Waals surface area contributed by atoms with Crippen molar-refractivity contribution in [2.24, 2.45) is 5.41 Å². The van der Waals surface area contributed by atoms with Crippen LogP contribution in [0.15, 0.2) is 30.3 Å². The van der Waals surface area contributed by atoms with Crippen LogP contribution in [0, 0.1) is 5.41 Å². The smallest absolute Gasteiger partial charge is 0.319 e. The van der Waals surface area contributed by atoms with Crippen molar-refractivity contribution >= 4 is 11.8 Å². The largest absolute Gasteiger partial charge is 0.468 e. The average Bonchev–Trinajstić information content (AvgIpc) is 2.41. The Kier molecular flexibility index (Phi) is 3.80. The van der Waals surface area contributed by atoms with Crippen molar-refractivity contribution in [3.8, 4) is 0 Å². The van der Waals surface area contributed by atoms with Crippen molar-refractivity contribution in [3.05, 3.63) is 35.9 Å². The van der Waals surface area contributed by atoms with Crippen LogP contribution in [-0.4, -0.2) is 18.9 Å². The lowest BCUT2D eigenvalue weighted by Gasteiger charge is -2.33. The molecule has 0 radical (unpaired) electrons. The van der Waals surface area contributed by atoms with Gasteiger partial charge < -0.3 is 4.74 Å². The number of ether oxygens (including phenoxy) is 1. The molecule has 0 heterocycles. The summed E-state index contributed by atoms with van der Waals surface area (Å²) in [5.74, 6) is -0.347. The van der Waals surface area contributed by atoms with Gasteiger partial charge in [0.15, 0.2) is 5.78 Å². The molecule has 3 heteroatoms. The Bertz CT molecular complexity index is 428. The summed E-state index contributed by atoms with van der Waals surface area (Å²) in [4.78, 5) is 24.3. The van der Waals surface area contributed by atoms with Crippen molar-refractivity contribution in [2.75, 3.05) is 7.11 Å². The summed E-state index contributed by atoms with van der Waals surface area (Å²) in [6.07, 6.45) is 3.34. The Hall–Kier alpha value is -1.64. The van der Waals surface area contributed by atoms with E-state index in [4.69, 9.17) is 4.74 Å². The number of carbonyl (C=O) groups excluding carboxylic acids is 2. The van der Waals surface area contributed by atoms with Crippen molar-refractivity contribution in [1.29, 1.82) is 0 Å². The molecule has 3 nitrogen and oxygen atoms in total. The van der Waals surface area contributed by atoms with Gasteiger partial charge in [-0.3, -0.25) is 9.59 Å². The molecule has 1 atom stereocenters. The second-order valence-electron chi connectivity index (χ2n) is 4.87. The molecule has 1 aromatic rings. The number of ketones is 1. The molecule has 0 bridgehead atoms. The van der Waals surface area contributed by atoms with E-state index < -0.39 is 5.41 Å². The van der Waals surface area contributed by atoms with E-state index in [9.17, 15) is 9.59 Å². The number of rotatable bonds is 3. The molecule has 0 spiro atoms. The zero-order valence-corrected chi connectivity index (χ0v) is 10.6. The van der Waals surface area contributed by atoms with Gasteiger partial charge in [0.2, 0.25) is 0 Å². The van der Waals surface area contributed by atoms with Crippen LogP contribution >= 0.6 is 0 Å². The molecule has 1 aliphatic rings. The molecule has 0 aromatic heterocycles. The molecule has 96 valence electrons. The van der Waals surface area contributed by atoms with Gasteiger partial charge in [0.25, 0.3) is 0 Å². The maximum absolute atomic E-state index is 12.2. The zero-order valence-electron chi connectivity index (χ0n) is 10.6. The quantitative estimate of drug-likeness (QED) is 0.608. The second kappa shape index (κ2) is 5.34. The molecule has 1 fully saturated rings. The monoisotopic (exact) mass is 246 g/mol. The fourth-order valence-electron chi connectivity index (χ4n) is 2.71. The molecular formula is C15H18O3. The van der Waals surface area contributed by atoms with Crippen LogP contribution in [-0.2, 0) is 20.7 Å². The van der Waals surface area contributed by atoms with Crippen LogP contribution in [0.2, 0.25) is 0 Å². The van der Waals surface area contributed by atoms with Gasteiger partial charge in [-0.1, -0.05) is 36.8 Å². The highest BCUT2D eigenvalue weighted by Gasteiger charge is 2.47. The van der Waals surface area contributed by atoms with Crippen LogP contribution in [0.3, 0.4) is 0 Å². The van der Waals surface area contributed by atoms with Crippen LogP contribution in [0.25, 0.3) is 0 Å². The molecule has 0 amide bonds. The Labute approximate surface area is 107 Å². The first-order chi connectivity index (χ1) is 8.69. The standard InChI is InChI=1S/C15H18O3/c1-18-14(17)15(10-6-5-9-13(15)16)11-12-7-3-2-4-8-12/h2-4,7-8H,5-6,9-11H2,1H3. The topological polar surface area (TPSA) is 43.4 Å². The summed E-state index contributed by atoms with van der Waals surface area (Å²) in [6, 6.07) is 9.68. The molecule has 0 N–H and O–H groups in total. The molecule has 0 aliphatic heterocycles. The van der Waals surface area contributed by atoms with E-state index in [1.165, 1.54) is 7.11 Å². The summed E-state index contributed by atoms with van der Waals surface area (Å²) < 4.78 is 4.88. The third-order valence-electron chi connectivity index (χ3n) is 3.72. The average molecular weight is 246 g/mol. The summed E-state index contributed by atoms with van der Waals surface area (Å²) in [6.45, 7) is 0. The predicted molar refractivity (Wildman–Crippen MR) is 68.1 cm³/mol. The van der Waals surface area contributed by atoms with Gasteiger partial charge in [0.1, 0.15) is 5.41 Å². The van der Waals surface area contributed by atoms with Gasteiger partial charge in [-0.25, -0.2) is 0 Å². The van der Waals surface area contributed by atoms with Crippen LogP contribution in [0.4, 0.5) is 0 Å². The number of benzene rings is 1. The van der Waals surface area contributed by atoms with E-state index in [1.54, 1.807) is 0 Å². The molecule has 0 saturated heterocycles. The first-order valence-electron chi connectivity index (χ1n) is 6.35. The van der Waals surface area contributed by atoms with E-state index in [1.807, 2.05) is 30.3 Å². The summed E-state index contributed by atoms with van der Waals surface area (Å²) in [5.41, 5.74) is 0.0621. The number of Topliss-reactive ketones (excluding diaryl/α,β-unsaturated/α-hetero) is 1. The van der Waals surface area contributed by atoms with Crippen LogP contribution in [0.5, 0.6) is 0 Å². The lowest BCUT2D eigenvalue weighted by Crippen LogP contribution is -2.44. The molecule has 1 saturated carbocycles. The number of esters is 1. The fourth-order valence-corrected chi connectivity index (χ4v) is 2.71. The highest BCUT2D eigenvalue weighted by molar-refractivity contribution is 6.04. The predicted octanol–water partition coefficient (Wildman–Crippen LogP) is 2.53. The maximum atomic E-state index is 12.2. The summed E-state index contributed by atoms with van der Waals surface area (Å²) in [7, 11) is 1.36. The molecule has 18 heavy (non-hydrogen) atoms. The molecule has 1 aromatic carbocycles. The maximum Gasteiger partial charge on any atom is 0.319 e. The molecule has 2 rings (SSSR count). The lowest BCUT2D eigenvalue weighted by molar-refractivity contribution is -0.160. The fraction of sp³-hybridized carbons (Fsp3) is 0.467. The first kappa shape index (κ1) is 12.8. The third-order valence-corrected chi connectivity index (χ3v) is 3.72. The Balaban J connectivity index is 2.30. The number of methoxy groups -OCH3 is 1. The van der Waals surface area contributed by atoms with Gasteiger partial charge >= 0.3 is 5.97 Å². The van der Waals surface area contributed by atoms with Crippen molar-refractivity contribution in [3.63, 3.8) is 0 Å². The van der Waals surface area contributed by atoms with Gasteiger partial charge in [-0.2, -0.15) is 0 Å². The highest BCUT2D eigenvalue weighted by atomic mass is 16.5. The minimum Gasteiger partial charge on any atom is -0.468 e. The van der Waals surface area contributed by atoms with Gasteiger partial charge in [-0.15, -0.1) is 0 Å². The van der Waals surface area contributed by atoms with E-state index in [0.717, 1.165) is 18.4 Å². The van der Waals surface area contributed by atoms with Crippen molar-refractivity contribution in [1.82, 2.24) is 0 Å². The van der Waals surface area contributed by atoms with E-state index in [2.05, 4.69) is 0 Å². The number of hydrogen-bond acceptors (Lipinski definition) is 3. The van der Waals surface area contributed by atoms with Gasteiger partial charge in [-0.05, 0) is 24.8 Å². The highest BCUT2D eigenvalue weighted by Crippen LogP contribution is 2.37. The normalized spacial score (nSPS) is 23.7. The van der Waals surface area contributed by atoms with Crippen molar-refractivity contribution in [2.45, 2.75) is 32.1 Å². The minimum absolute atomic E-state index is 0.0319. The molecule has 1 aliphatic carbocycles. The lowest BCUT2D eigenvalue weighted by atomic mass is 9.69. The van der Waals surface area contributed by atoms with Gasteiger partial charge in [0.05, 0.1) is 7.11 Å². The minimum atomic E-state index is -0.950. The second-order valence-corrected chi connectivity index (χ2v) is 4.87. The zero-order chi connectivity index (χ0) is 13.0. The van der Waals surface area contributed by atoms with E-state index in [0.29, 0.717) is 19.3 Å². The van der Waals surface area contributed by atoms with Crippen LogP contribution < -0.4 is 0 Å². The Morgan fingerprint density at radius 3 is 2.61 bits per heavy atom. The summed E-state index contributed by atoms with van der Waals surface area (Å²) >= 11 is 0. The van der Waals surface area contributed by atoms with Crippen molar-refractivity contribution < 1.29 is 14.3 Å². The summed E-state index contributed by atoms with van der Waals surface area (Å²) in [5, 5.41) is 0. The Morgan fingerprint density at radius 1 is 1.28 bits per heavy atom.